The first kappa shape index (κ1) is 14.6. The minimum Gasteiger partial charge on any atom is -0.334 e. The molecule has 1 aliphatic carbocycles. The Labute approximate surface area is 129 Å². The summed E-state index contributed by atoms with van der Waals surface area (Å²) < 4.78 is 13.8. The molecule has 0 bridgehead atoms. The zero-order valence-electron chi connectivity index (χ0n) is 12.3. The molecule has 1 N–H and O–H groups in total. The van der Waals surface area contributed by atoms with Gasteiger partial charge in [0.05, 0.1) is 11.6 Å². The van der Waals surface area contributed by atoms with Gasteiger partial charge in [-0.25, -0.2) is 9.18 Å². The molecule has 1 aliphatic heterocycles. The van der Waals surface area contributed by atoms with Crippen molar-refractivity contribution in [1.29, 1.82) is 5.26 Å². The first-order chi connectivity index (χ1) is 10.7. The first-order valence-corrected chi connectivity index (χ1v) is 7.53. The average molecular weight is 299 g/mol. The van der Waals surface area contributed by atoms with Crippen molar-refractivity contribution in [3.05, 3.63) is 47.3 Å². The largest absolute Gasteiger partial charge is 0.334 e. The van der Waals surface area contributed by atoms with Crippen molar-refractivity contribution in [3.63, 3.8) is 0 Å². The smallest absolute Gasteiger partial charge is 0.317 e. The molecule has 1 fully saturated rings. The molecule has 22 heavy (non-hydrogen) atoms. The number of nitriles is 1. The van der Waals surface area contributed by atoms with Crippen molar-refractivity contribution in [3.8, 4) is 6.07 Å². The maximum atomic E-state index is 13.8. The molecule has 2 unspecified atom stereocenters. The number of halogens is 1. The minimum atomic E-state index is -0.460. The summed E-state index contributed by atoms with van der Waals surface area (Å²) in [5.41, 5.74) is 0.675. The molecule has 2 atom stereocenters. The number of fused-ring (bicyclic) bond motifs is 1. The number of hydrogen-bond acceptors (Lipinski definition) is 2. The lowest BCUT2D eigenvalue weighted by molar-refractivity contribution is 0.206. The third kappa shape index (κ3) is 2.96. The van der Waals surface area contributed by atoms with Crippen LogP contribution in [0.4, 0.5) is 9.18 Å². The fraction of sp³-hybridized carbons (Fsp3) is 0.412. The summed E-state index contributed by atoms with van der Waals surface area (Å²) in [5.74, 6) is 0.656. The zero-order valence-corrected chi connectivity index (χ0v) is 12.3. The van der Waals surface area contributed by atoms with E-state index in [4.69, 9.17) is 5.26 Å². The van der Waals surface area contributed by atoms with Gasteiger partial charge in [-0.3, -0.25) is 0 Å². The van der Waals surface area contributed by atoms with E-state index in [1.807, 2.05) is 11.0 Å². The molecule has 0 aromatic heterocycles. The Morgan fingerprint density at radius 3 is 2.59 bits per heavy atom. The molecule has 0 spiro atoms. The second kappa shape index (κ2) is 6.18. The van der Waals surface area contributed by atoms with Gasteiger partial charge in [-0.05, 0) is 36.8 Å². The number of nitrogens with zero attached hydrogens (tertiary/aromatic N) is 2. The summed E-state index contributed by atoms with van der Waals surface area (Å²) in [5, 5.41) is 11.5. The molecule has 0 radical (unpaired) electrons. The third-order valence-electron chi connectivity index (χ3n) is 4.52. The molecule has 1 aromatic rings. The van der Waals surface area contributed by atoms with E-state index < -0.39 is 5.82 Å². The van der Waals surface area contributed by atoms with Crippen LogP contribution in [0, 0.1) is 29.0 Å². The number of urea groups is 1. The third-order valence-corrected chi connectivity index (χ3v) is 4.52. The lowest BCUT2D eigenvalue weighted by Crippen LogP contribution is -2.38. The van der Waals surface area contributed by atoms with Crippen LogP contribution in [0.25, 0.3) is 0 Å². The second-order valence-corrected chi connectivity index (χ2v) is 5.94. The molecule has 1 saturated heterocycles. The molecule has 5 heteroatoms. The highest BCUT2D eigenvalue weighted by Gasteiger charge is 2.34. The van der Waals surface area contributed by atoms with Gasteiger partial charge in [0.25, 0.3) is 0 Å². The van der Waals surface area contributed by atoms with Gasteiger partial charge in [-0.15, -0.1) is 0 Å². The van der Waals surface area contributed by atoms with E-state index in [1.165, 1.54) is 6.07 Å². The van der Waals surface area contributed by atoms with E-state index in [0.29, 0.717) is 17.4 Å². The van der Waals surface area contributed by atoms with Gasteiger partial charge >= 0.3 is 6.03 Å². The molecule has 4 nitrogen and oxygen atoms in total. The Morgan fingerprint density at radius 2 is 2.00 bits per heavy atom. The highest BCUT2D eigenvalue weighted by Crippen LogP contribution is 2.32. The van der Waals surface area contributed by atoms with E-state index in [1.54, 1.807) is 12.1 Å². The number of hydrogen-bond donors (Lipinski definition) is 1. The van der Waals surface area contributed by atoms with Crippen LogP contribution < -0.4 is 5.32 Å². The molecular weight excluding hydrogens is 281 g/mol. The van der Waals surface area contributed by atoms with Crippen molar-refractivity contribution < 1.29 is 9.18 Å². The van der Waals surface area contributed by atoms with Gasteiger partial charge in [0.15, 0.2) is 0 Å². The molecule has 3 rings (SSSR count). The van der Waals surface area contributed by atoms with Crippen LogP contribution in [0.3, 0.4) is 0 Å². The van der Waals surface area contributed by atoms with Crippen molar-refractivity contribution in [2.45, 2.75) is 19.4 Å². The number of carbonyl (C=O) groups excluding carboxylic acids is 1. The fourth-order valence-electron chi connectivity index (χ4n) is 3.22. The molecular formula is C17H18FN3O. The Kier molecular flexibility index (Phi) is 4.10. The van der Waals surface area contributed by atoms with Crippen LogP contribution in [0.15, 0.2) is 30.4 Å². The Morgan fingerprint density at radius 1 is 1.32 bits per heavy atom. The standard InChI is InChI=1S/C17H18FN3O/c18-16-7-12(8-19)5-6-13(16)9-20-17(22)21-10-14-3-1-2-4-15(14)11-21/h1-2,5-7,14-15H,3-4,9-11H2,(H,20,22). The van der Waals surface area contributed by atoms with Crippen LogP contribution >= 0.6 is 0 Å². The Bertz CT molecular complexity index is 634. The Hall–Kier alpha value is -2.35. The van der Waals surface area contributed by atoms with E-state index in [-0.39, 0.29) is 18.1 Å². The lowest BCUT2D eigenvalue weighted by Gasteiger charge is -2.17. The van der Waals surface area contributed by atoms with E-state index in [9.17, 15) is 9.18 Å². The second-order valence-electron chi connectivity index (χ2n) is 5.94. The summed E-state index contributed by atoms with van der Waals surface area (Å²) in [6, 6.07) is 6.04. The zero-order chi connectivity index (χ0) is 15.5. The SMILES string of the molecule is N#Cc1ccc(CNC(=O)N2CC3CC=CCC3C2)c(F)c1. The van der Waals surface area contributed by atoms with Crippen molar-refractivity contribution in [2.24, 2.45) is 11.8 Å². The number of rotatable bonds is 2. The molecule has 1 aromatic carbocycles. The summed E-state index contributed by atoms with van der Waals surface area (Å²) in [4.78, 5) is 14.0. The molecule has 1 heterocycles. The normalized spacial score (nSPS) is 23.0. The predicted octanol–water partition coefficient (Wildman–Crippen LogP) is 2.80. The highest BCUT2D eigenvalue weighted by atomic mass is 19.1. The van der Waals surface area contributed by atoms with Crippen LogP contribution in [0.2, 0.25) is 0 Å². The summed E-state index contributed by atoms with van der Waals surface area (Å²) in [6.07, 6.45) is 6.46. The minimum absolute atomic E-state index is 0.139. The topological polar surface area (TPSA) is 56.1 Å². The van der Waals surface area contributed by atoms with Gasteiger partial charge in [0, 0.05) is 25.2 Å². The number of nitrogens with one attached hydrogen (secondary N) is 1. The van der Waals surface area contributed by atoms with E-state index >= 15 is 0 Å². The summed E-state index contributed by atoms with van der Waals surface area (Å²) >= 11 is 0. The Balaban J connectivity index is 1.56. The first-order valence-electron chi connectivity index (χ1n) is 7.53. The van der Waals surface area contributed by atoms with Gasteiger partial charge in [-0.2, -0.15) is 5.26 Å². The lowest BCUT2D eigenvalue weighted by atomic mass is 9.86. The van der Waals surface area contributed by atoms with Crippen LogP contribution in [0.5, 0.6) is 0 Å². The fourth-order valence-corrected chi connectivity index (χ4v) is 3.22. The maximum Gasteiger partial charge on any atom is 0.317 e. The number of benzene rings is 1. The maximum absolute atomic E-state index is 13.8. The summed E-state index contributed by atoms with van der Waals surface area (Å²) in [6.45, 7) is 1.69. The van der Waals surface area contributed by atoms with Gasteiger partial charge in [0.1, 0.15) is 5.82 Å². The van der Waals surface area contributed by atoms with Crippen molar-refractivity contribution in [1.82, 2.24) is 10.2 Å². The number of carbonyl (C=O) groups is 1. The van der Waals surface area contributed by atoms with Gasteiger partial charge in [-0.1, -0.05) is 18.2 Å². The van der Waals surface area contributed by atoms with Crippen LogP contribution in [-0.2, 0) is 6.54 Å². The highest BCUT2D eigenvalue weighted by molar-refractivity contribution is 5.74. The average Bonchev–Trinajstić information content (AvgIpc) is 2.97. The van der Waals surface area contributed by atoms with Crippen molar-refractivity contribution in [2.75, 3.05) is 13.1 Å². The van der Waals surface area contributed by atoms with E-state index in [0.717, 1.165) is 25.9 Å². The number of amides is 2. The van der Waals surface area contributed by atoms with Crippen LogP contribution in [-0.4, -0.2) is 24.0 Å². The van der Waals surface area contributed by atoms with Gasteiger partial charge in [0.2, 0.25) is 0 Å². The molecule has 2 amide bonds. The predicted molar refractivity (Wildman–Crippen MR) is 80.3 cm³/mol. The molecule has 2 aliphatic rings. The summed E-state index contributed by atoms with van der Waals surface area (Å²) in [7, 11) is 0. The number of allylic oxidation sites excluding steroid dienone is 2. The molecule has 114 valence electrons. The molecule has 0 saturated carbocycles. The quantitative estimate of drug-likeness (QED) is 0.854. The monoisotopic (exact) mass is 299 g/mol. The van der Waals surface area contributed by atoms with Gasteiger partial charge < -0.3 is 10.2 Å². The van der Waals surface area contributed by atoms with E-state index in [2.05, 4.69) is 17.5 Å². The number of likely N-dealkylation sites (tertiary alicyclic amines) is 1. The van der Waals surface area contributed by atoms with Crippen molar-refractivity contribution >= 4 is 6.03 Å². The van der Waals surface area contributed by atoms with Crippen LogP contribution in [0.1, 0.15) is 24.0 Å².